The van der Waals surface area contributed by atoms with Gasteiger partial charge in [0.05, 0.1) is 12.7 Å². The second-order valence-corrected chi connectivity index (χ2v) is 4.15. The molecule has 4 nitrogen and oxygen atoms in total. The smallest absolute Gasteiger partial charge is 0.231 e. The number of benzene rings is 2. The highest BCUT2D eigenvalue weighted by Crippen LogP contribution is 2.25. The Balaban J connectivity index is 2.37. The number of methoxy groups -OCH3 is 1. The molecule has 0 unspecified atom stereocenters. The Morgan fingerprint density at radius 2 is 1.80 bits per heavy atom. The summed E-state index contributed by atoms with van der Waals surface area (Å²) < 4.78 is 5.09. The highest BCUT2D eigenvalue weighted by Gasteiger charge is 2.17. The molecular weight excluding hydrogens is 256 g/mol. The van der Waals surface area contributed by atoms with Crippen LogP contribution in [0.2, 0.25) is 0 Å². The van der Waals surface area contributed by atoms with Gasteiger partial charge in [0, 0.05) is 6.07 Å². The Labute approximate surface area is 116 Å². The number of phenols is 2. The molecule has 0 amide bonds. The summed E-state index contributed by atoms with van der Waals surface area (Å²) in [6, 6.07) is 13.0. The van der Waals surface area contributed by atoms with Crippen LogP contribution < -0.4 is 0 Å². The van der Waals surface area contributed by atoms with Gasteiger partial charge < -0.3 is 14.9 Å². The minimum absolute atomic E-state index is 0.0758. The molecule has 0 saturated heterocycles. The topological polar surface area (TPSA) is 66.8 Å². The van der Waals surface area contributed by atoms with E-state index in [0.717, 1.165) is 11.6 Å². The maximum absolute atomic E-state index is 12.3. The van der Waals surface area contributed by atoms with Gasteiger partial charge >= 0.3 is 0 Å². The molecule has 0 aliphatic carbocycles. The number of Topliss-reactive ketones (excluding diaryl/α,β-unsaturated/α-hetero) is 1. The first-order chi connectivity index (χ1) is 9.61. The molecule has 20 heavy (non-hydrogen) atoms. The maximum atomic E-state index is 12.3. The van der Waals surface area contributed by atoms with Crippen LogP contribution in [0.5, 0.6) is 11.5 Å². The van der Waals surface area contributed by atoms with Gasteiger partial charge in [-0.1, -0.05) is 30.3 Å². The Kier molecular flexibility index (Phi) is 4.05. The van der Waals surface area contributed by atoms with E-state index in [4.69, 9.17) is 4.74 Å². The van der Waals surface area contributed by atoms with Gasteiger partial charge in [-0.05, 0) is 23.8 Å². The molecule has 2 N–H and O–H groups in total. The molecule has 0 bridgehead atoms. The summed E-state index contributed by atoms with van der Waals surface area (Å²) in [5.41, 5.74) is 0.891. The molecule has 0 aliphatic rings. The van der Waals surface area contributed by atoms with E-state index in [0.29, 0.717) is 0 Å². The lowest BCUT2D eigenvalue weighted by atomic mass is 10.1. The monoisotopic (exact) mass is 270 g/mol. The molecular formula is C16H14O4. The fraction of sp³-hybridized carbons (Fsp3) is 0.0625. The van der Waals surface area contributed by atoms with Gasteiger partial charge in [0.25, 0.3) is 0 Å². The number of allylic oxidation sites excluding steroid dienone is 1. The van der Waals surface area contributed by atoms with E-state index in [1.807, 2.05) is 30.3 Å². The molecule has 0 fully saturated rings. The minimum atomic E-state index is -0.450. The van der Waals surface area contributed by atoms with Crippen LogP contribution in [0.3, 0.4) is 0 Å². The predicted octanol–water partition coefficient (Wildman–Crippen LogP) is 2.97. The molecule has 2 aromatic rings. The summed E-state index contributed by atoms with van der Waals surface area (Å²) in [5, 5.41) is 18.9. The van der Waals surface area contributed by atoms with Crippen molar-refractivity contribution in [2.45, 2.75) is 0 Å². The highest BCUT2D eigenvalue weighted by molar-refractivity contribution is 6.11. The molecule has 0 heterocycles. The van der Waals surface area contributed by atoms with Gasteiger partial charge in [0.1, 0.15) is 11.5 Å². The molecule has 0 aliphatic heterocycles. The van der Waals surface area contributed by atoms with Crippen molar-refractivity contribution in [2.75, 3.05) is 7.11 Å². The number of hydrogen-bond acceptors (Lipinski definition) is 4. The van der Waals surface area contributed by atoms with Crippen molar-refractivity contribution >= 4 is 11.9 Å². The van der Waals surface area contributed by atoms with E-state index in [2.05, 4.69) is 0 Å². The third-order valence-electron chi connectivity index (χ3n) is 2.77. The molecule has 2 rings (SSSR count). The second-order valence-electron chi connectivity index (χ2n) is 4.15. The van der Waals surface area contributed by atoms with Gasteiger partial charge in [0.2, 0.25) is 5.78 Å². The van der Waals surface area contributed by atoms with Crippen LogP contribution >= 0.6 is 0 Å². The molecule has 0 spiro atoms. The first-order valence-electron chi connectivity index (χ1n) is 5.99. The Morgan fingerprint density at radius 3 is 2.40 bits per heavy atom. The SMILES string of the molecule is CO/C(=C\c1ccccc1)C(=O)c1ccc(O)cc1O. The van der Waals surface area contributed by atoms with Crippen molar-refractivity contribution in [1.29, 1.82) is 0 Å². The first kappa shape index (κ1) is 13.7. The number of aromatic hydroxyl groups is 2. The highest BCUT2D eigenvalue weighted by atomic mass is 16.5. The second kappa shape index (κ2) is 5.93. The lowest BCUT2D eigenvalue weighted by Gasteiger charge is -2.07. The van der Waals surface area contributed by atoms with Gasteiger partial charge in [-0.3, -0.25) is 4.79 Å². The number of carbonyl (C=O) groups excluding carboxylic acids is 1. The summed E-state index contributed by atoms with van der Waals surface area (Å²) >= 11 is 0. The third-order valence-corrected chi connectivity index (χ3v) is 2.77. The molecule has 0 saturated carbocycles. The predicted molar refractivity (Wildman–Crippen MR) is 75.5 cm³/mol. The van der Waals surface area contributed by atoms with Gasteiger partial charge in [-0.25, -0.2) is 0 Å². The Hall–Kier alpha value is -2.75. The Bertz CT molecular complexity index is 645. The molecule has 0 radical (unpaired) electrons. The van der Waals surface area contributed by atoms with Crippen molar-refractivity contribution in [3.05, 3.63) is 65.4 Å². The third kappa shape index (κ3) is 2.98. The normalized spacial score (nSPS) is 11.2. The average Bonchev–Trinajstić information content (AvgIpc) is 2.45. The summed E-state index contributed by atoms with van der Waals surface area (Å²) in [5.74, 6) is -0.734. The van der Waals surface area contributed by atoms with Crippen LogP contribution in [0.25, 0.3) is 6.08 Å². The number of carbonyl (C=O) groups is 1. The van der Waals surface area contributed by atoms with Crippen LogP contribution in [0, 0.1) is 0 Å². The summed E-state index contributed by atoms with van der Waals surface area (Å²) in [6.07, 6.45) is 1.59. The maximum Gasteiger partial charge on any atom is 0.231 e. The summed E-state index contributed by atoms with van der Waals surface area (Å²) in [6.45, 7) is 0. The van der Waals surface area contributed by atoms with E-state index < -0.39 is 5.78 Å². The zero-order valence-electron chi connectivity index (χ0n) is 10.9. The van der Waals surface area contributed by atoms with Gasteiger partial charge in [0.15, 0.2) is 5.76 Å². The average molecular weight is 270 g/mol. The van der Waals surface area contributed by atoms with Crippen molar-refractivity contribution in [1.82, 2.24) is 0 Å². The van der Waals surface area contributed by atoms with Crippen LogP contribution in [-0.4, -0.2) is 23.1 Å². The van der Waals surface area contributed by atoms with E-state index in [1.54, 1.807) is 6.08 Å². The molecule has 2 aromatic carbocycles. The van der Waals surface area contributed by atoms with Crippen molar-refractivity contribution in [3.63, 3.8) is 0 Å². The van der Waals surface area contributed by atoms with Gasteiger partial charge in [-0.2, -0.15) is 0 Å². The number of phenolic OH excluding ortho intramolecular Hbond substituents is 2. The van der Waals surface area contributed by atoms with Crippen molar-refractivity contribution in [3.8, 4) is 11.5 Å². The number of rotatable bonds is 4. The van der Waals surface area contributed by atoms with E-state index in [-0.39, 0.29) is 22.8 Å². The summed E-state index contributed by atoms with van der Waals surface area (Å²) in [7, 11) is 1.39. The van der Waals surface area contributed by atoms with Crippen LogP contribution in [0.4, 0.5) is 0 Å². The van der Waals surface area contributed by atoms with E-state index in [9.17, 15) is 15.0 Å². The van der Waals surface area contributed by atoms with E-state index in [1.165, 1.54) is 19.2 Å². The lowest BCUT2D eigenvalue weighted by Crippen LogP contribution is -2.05. The largest absolute Gasteiger partial charge is 0.508 e. The number of ether oxygens (including phenoxy) is 1. The molecule has 0 atom stereocenters. The minimum Gasteiger partial charge on any atom is -0.508 e. The van der Waals surface area contributed by atoms with E-state index >= 15 is 0 Å². The molecule has 0 aromatic heterocycles. The zero-order chi connectivity index (χ0) is 14.5. The van der Waals surface area contributed by atoms with Crippen molar-refractivity contribution in [2.24, 2.45) is 0 Å². The molecule has 102 valence electrons. The Morgan fingerprint density at radius 1 is 1.10 bits per heavy atom. The van der Waals surface area contributed by atoms with Crippen LogP contribution in [-0.2, 0) is 4.74 Å². The molecule has 4 heteroatoms. The number of hydrogen-bond donors (Lipinski definition) is 2. The fourth-order valence-corrected chi connectivity index (χ4v) is 1.76. The van der Waals surface area contributed by atoms with Crippen LogP contribution in [0.1, 0.15) is 15.9 Å². The fourth-order valence-electron chi connectivity index (χ4n) is 1.76. The quantitative estimate of drug-likeness (QED) is 0.509. The standard InChI is InChI=1S/C16H14O4/c1-20-15(9-11-5-3-2-4-6-11)16(19)13-8-7-12(17)10-14(13)18/h2-10,17-18H,1H3/b15-9-. The first-order valence-corrected chi connectivity index (χ1v) is 5.99. The van der Waals surface area contributed by atoms with Gasteiger partial charge in [-0.15, -0.1) is 0 Å². The van der Waals surface area contributed by atoms with Crippen LogP contribution in [0.15, 0.2) is 54.3 Å². The number of ketones is 1. The summed E-state index contributed by atoms with van der Waals surface area (Å²) in [4.78, 5) is 12.3. The lowest BCUT2D eigenvalue weighted by molar-refractivity contribution is 0.0954. The zero-order valence-corrected chi connectivity index (χ0v) is 10.9. The van der Waals surface area contributed by atoms with Crippen molar-refractivity contribution < 1.29 is 19.7 Å².